The molecule has 2 amide bonds. The number of ether oxygens (including phenoxy) is 2. The Hall–Kier alpha value is -2.04. The highest BCUT2D eigenvalue weighted by Gasteiger charge is 2.22. The van der Waals surface area contributed by atoms with Crippen LogP contribution in [0.5, 0.6) is 11.5 Å². The van der Waals surface area contributed by atoms with Crippen LogP contribution < -0.4 is 20.1 Å². The van der Waals surface area contributed by atoms with Crippen LogP contribution in [0.15, 0.2) is 18.2 Å². The monoisotopic (exact) mass is 400 g/mol. The molecule has 0 spiro atoms. The molecule has 0 saturated carbocycles. The van der Waals surface area contributed by atoms with Crippen LogP contribution in [-0.4, -0.2) is 83.4 Å². The summed E-state index contributed by atoms with van der Waals surface area (Å²) < 4.78 is 34.9. The van der Waals surface area contributed by atoms with Gasteiger partial charge in [-0.2, -0.15) is 4.31 Å². The summed E-state index contributed by atoms with van der Waals surface area (Å²) >= 11 is 0. The Balaban J connectivity index is 1.67. The topological polar surface area (TPSA) is 100 Å². The largest absolute Gasteiger partial charge is 0.493 e. The third-order valence-corrected chi connectivity index (χ3v) is 5.72. The Morgan fingerprint density at radius 1 is 1.07 bits per heavy atom. The molecule has 152 valence electrons. The van der Waals surface area contributed by atoms with E-state index in [4.69, 9.17) is 9.47 Å². The number of carbonyl (C=O) groups is 1. The first-order chi connectivity index (χ1) is 12.8. The van der Waals surface area contributed by atoms with Crippen LogP contribution in [0.25, 0.3) is 0 Å². The second kappa shape index (κ2) is 9.77. The van der Waals surface area contributed by atoms with Gasteiger partial charge < -0.3 is 20.1 Å². The van der Waals surface area contributed by atoms with E-state index < -0.39 is 10.0 Å². The normalized spacial score (nSPS) is 16.0. The number of carbonyl (C=O) groups excluding carboxylic acids is 1. The minimum atomic E-state index is -3.12. The molecule has 1 heterocycles. The zero-order valence-corrected chi connectivity index (χ0v) is 16.8. The van der Waals surface area contributed by atoms with E-state index in [1.54, 1.807) is 20.3 Å². The summed E-state index contributed by atoms with van der Waals surface area (Å²) in [5.41, 5.74) is 0.902. The molecule has 1 aromatic rings. The summed E-state index contributed by atoms with van der Waals surface area (Å²) in [5, 5.41) is 5.61. The van der Waals surface area contributed by atoms with Gasteiger partial charge in [0, 0.05) is 45.8 Å². The average Bonchev–Trinajstić information content (AvgIpc) is 2.65. The zero-order valence-electron chi connectivity index (χ0n) is 16.0. The lowest BCUT2D eigenvalue weighted by atomic mass is 10.2. The number of benzene rings is 1. The van der Waals surface area contributed by atoms with Crippen LogP contribution in [0.3, 0.4) is 0 Å². The van der Waals surface area contributed by atoms with Crippen molar-refractivity contribution in [2.24, 2.45) is 0 Å². The van der Waals surface area contributed by atoms with Crippen LogP contribution in [0.1, 0.15) is 5.56 Å². The van der Waals surface area contributed by atoms with Crippen molar-refractivity contribution in [3.05, 3.63) is 23.8 Å². The van der Waals surface area contributed by atoms with E-state index in [9.17, 15) is 13.2 Å². The van der Waals surface area contributed by atoms with E-state index in [-0.39, 0.29) is 6.03 Å². The Morgan fingerprint density at radius 2 is 1.74 bits per heavy atom. The van der Waals surface area contributed by atoms with Crippen molar-refractivity contribution in [2.45, 2.75) is 6.54 Å². The first kappa shape index (κ1) is 21.3. The Morgan fingerprint density at radius 3 is 2.33 bits per heavy atom. The second-order valence-electron chi connectivity index (χ2n) is 6.30. The summed E-state index contributed by atoms with van der Waals surface area (Å²) in [5.74, 6) is 1.26. The molecule has 2 rings (SSSR count). The van der Waals surface area contributed by atoms with E-state index in [1.165, 1.54) is 10.6 Å². The standard InChI is InChI=1S/C17H28N4O5S/c1-25-15-5-4-14(12-16(15)26-2)13-19-17(22)18-6-7-20-8-10-21(11-9-20)27(3,23)24/h4-5,12H,6-11,13H2,1-3H3,(H2,18,19,22). The first-order valence-corrected chi connectivity index (χ1v) is 10.6. The van der Waals surface area contributed by atoms with Gasteiger partial charge in [0.2, 0.25) is 10.0 Å². The molecule has 27 heavy (non-hydrogen) atoms. The van der Waals surface area contributed by atoms with Gasteiger partial charge in [-0.3, -0.25) is 4.90 Å². The zero-order chi connectivity index (χ0) is 19.9. The second-order valence-corrected chi connectivity index (χ2v) is 8.28. The maximum atomic E-state index is 11.9. The lowest BCUT2D eigenvalue weighted by molar-refractivity contribution is 0.188. The van der Waals surface area contributed by atoms with Crippen molar-refractivity contribution in [2.75, 3.05) is 59.7 Å². The number of hydrogen-bond donors (Lipinski definition) is 2. The van der Waals surface area contributed by atoms with E-state index in [0.29, 0.717) is 57.3 Å². The molecule has 0 aliphatic carbocycles. The maximum absolute atomic E-state index is 11.9. The van der Waals surface area contributed by atoms with Gasteiger partial charge in [-0.1, -0.05) is 6.07 Å². The molecule has 10 heteroatoms. The van der Waals surface area contributed by atoms with Gasteiger partial charge in [0.15, 0.2) is 11.5 Å². The van der Waals surface area contributed by atoms with Gasteiger partial charge in [0.1, 0.15) is 0 Å². The highest BCUT2D eigenvalue weighted by atomic mass is 32.2. The van der Waals surface area contributed by atoms with Crippen LogP contribution in [0, 0.1) is 0 Å². The van der Waals surface area contributed by atoms with Crippen LogP contribution >= 0.6 is 0 Å². The smallest absolute Gasteiger partial charge is 0.315 e. The molecule has 0 bridgehead atoms. The van der Waals surface area contributed by atoms with Crippen LogP contribution in [-0.2, 0) is 16.6 Å². The minimum Gasteiger partial charge on any atom is -0.493 e. The Kier molecular flexibility index (Phi) is 7.69. The quantitative estimate of drug-likeness (QED) is 0.641. The van der Waals surface area contributed by atoms with Crippen molar-refractivity contribution in [1.82, 2.24) is 19.8 Å². The number of piperazine rings is 1. The fourth-order valence-electron chi connectivity index (χ4n) is 2.85. The number of hydrogen-bond acceptors (Lipinski definition) is 6. The van der Waals surface area contributed by atoms with Crippen molar-refractivity contribution >= 4 is 16.1 Å². The molecule has 2 N–H and O–H groups in total. The number of methoxy groups -OCH3 is 2. The van der Waals surface area contributed by atoms with Crippen molar-refractivity contribution in [3.8, 4) is 11.5 Å². The molecule has 1 fully saturated rings. The Bertz CT molecular complexity index is 733. The van der Waals surface area contributed by atoms with E-state index in [0.717, 1.165) is 5.56 Å². The molecule has 9 nitrogen and oxygen atoms in total. The predicted octanol–water partition coefficient (Wildman–Crippen LogP) is 0.0802. The summed E-state index contributed by atoms with van der Waals surface area (Å²) in [6, 6.07) is 5.23. The molecule has 0 atom stereocenters. The van der Waals surface area contributed by atoms with E-state index in [2.05, 4.69) is 15.5 Å². The van der Waals surface area contributed by atoms with E-state index >= 15 is 0 Å². The van der Waals surface area contributed by atoms with Crippen molar-refractivity contribution in [3.63, 3.8) is 0 Å². The maximum Gasteiger partial charge on any atom is 0.315 e. The number of urea groups is 1. The van der Waals surface area contributed by atoms with Crippen molar-refractivity contribution < 1.29 is 22.7 Å². The summed E-state index contributed by atoms with van der Waals surface area (Å²) in [6.45, 7) is 3.87. The average molecular weight is 401 g/mol. The van der Waals surface area contributed by atoms with Gasteiger partial charge >= 0.3 is 6.03 Å². The first-order valence-electron chi connectivity index (χ1n) is 8.73. The van der Waals surface area contributed by atoms with Gasteiger partial charge in [-0.25, -0.2) is 13.2 Å². The van der Waals surface area contributed by atoms with Crippen LogP contribution in [0.4, 0.5) is 4.79 Å². The van der Waals surface area contributed by atoms with E-state index in [1.807, 2.05) is 12.1 Å². The minimum absolute atomic E-state index is 0.250. The number of nitrogens with zero attached hydrogens (tertiary/aromatic N) is 2. The summed E-state index contributed by atoms with van der Waals surface area (Å²) in [7, 11) is 0.0242. The van der Waals surface area contributed by atoms with Gasteiger partial charge in [-0.05, 0) is 17.7 Å². The van der Waals surface area contributed by atoms with Gasteiger partial charge in [0.05, 0.1) is 20.5 Å². The third kappa shape index (κ3) is 6.56. The molecular weight excluding hydrogens is 372 g/mol. The highest BCUT2D eigenvalue weighted by molar-refractivity contribution is 7.88. The number of sulfonamides is 1. The summed E-state index contributed by atoms with van der Waals surface area (Å²) in [6.07, 6.45) is 1.23. The van der Waals surface area contributed by atoms with Crippen LogP contribution in [0.2, 0.25) is 0 Å². The lowest BCUT2D eigenvalue weighted by Gasteiger charge is -2.33. The van der Waals surface area contributed by atoms with Crippen molar-refractivity contribution in [1.29, 1.82) is 0 Å². The molecule has 1 aliphatic rings. The molecular formula is C17H28N4O5S. The molecule has 0 radical (unpaired) electrons. The summed E-state index contributed by atoms with van der Waals surface area (Å²) in [4.78, 5) is 14.1. The fraction of sp³-hybridized carbons (Fsp3) is 0.588. The number of rotatable bonds is 8. The highest BCUT2D eigenvalue weighted by Crippen LogP contribution is 2.27. The molecule has 1 aliphatic heterocycles. The van der Waals surface area contributed by atoms with Gasteiger partial charge in [-0.15, -0.1) is 0 Å². The lowest BCUT2D eigenvalue weighted by Crippen LogP contribution is -2.50. The molecule has 1 aromatic carbocycles. The number of amides is 2. The molecule has 0 aromatic heterocycles. The van der Waals surface area contributed by atoms with Gasteiger partial charge in [0.25, 0.3) is 0 Å². The molecule has 0 unspecified atom stereocenters. The predicted molar refractivity (Wildman–Crippen MR) is 103 cm³/mol. The fourth-order valence-corrected chi connectivity index (χ4v) is 3.67. The SMILES string of the molecule is COc1ccc(CNC(=O)NCCN2CCN(S(C)(=O)=O)CC2)cc1OC. The Labute approximate surface area is 160 Å². The molecule has 1 saturated heterocycles. The third-order valence-electron chi connectivity index (χ3n) is 4.41. The number of nitrogens with one attached hydrogen (secondary N) is 2.